The lowest BCUT2D eigenvalue weighted by Crippen LogP contribution is -2.32. The Bertz CT molecular complexity index is 622. The molecule has 4 nitrogen and oxygen atoms in total. The van der Waals surface area contributed by atoms with Gasteiger partial charge >= 0.3 is 0 Å². The van der Waals surface area contributed by atoms with Gasteiger partial charge in [0.25, 0.3) is 0 Å². The van der Waals surface area contributed by atoms with Crippen molar-refractivity contribution < 1.29 is 0 Å². The summed E-state index contributed by atoms with van der Waals surface area (Å²) >= 11 is 0. The fourth-order valence-corrected chi connectivity index (χ4v) is 2.87. The van der Waals surface area contributed by atoms with Crippen LogP contribution in [0, 0.1) is 0 Å². The van der Waals surface area contributed by atoms with Crippen LogP contribution in [0.4, 0.5) is 0 Å². The van der Waals surface area contributed by atoms with E-state index in [2.05, 4.69) is 72.0 Å². The molecule has 0 bridgehead atoms. The lowest BCUT2D eigenvalue weighted by molar-refractivity contribution is 0.438. The summed E-state index contributed by atoms with van der Waals surface area (Å²) in [7, 11) is 0. The first-order valence-corrected chi connectivity index (χ1v) is 7.25. The zero-order chi connectivity index (χ0) is 14.3. The first-order chi connectivity index (χ1) is 9.48. The van der Waals surface area contributed by atoms with E-state index in [1.807, 2.05) is 0 Å². The van der Waals surface area contributed by atoms with Crippen LogP contribution in [-0.4, -0.2) is 21.3 Å². The summed E-state index contributed by atoms with van der Waals surface area (Å²) < 4.78 is 2.26. The third-order valence-electron chi connectivity index (χ3n) is 3.93. The van der Waals surface area contributed by atoms with Gasteiger partial charge in [-0.05, 0) is 17.9 Å². The zero-order valence-electron chi connectivity index (χ0n) is 12.6. The van der Waals surface area contributed by atoms with E-state index >= 15 is 0 Å². The Labute approximate surface area is 120 Å². The number of benzene rings is 1. The van der Waals surface area contributed by atoms with E-state index < -0.39 is 0 Å². The Balaban J connectivity index is 2.16. The van der Waals surface area contributed by atoms with Gasteiger partial charge in [-0.15, -0.1) is 10.2 Å². The van der Waals surface area contributed by atoms with Crippen LogP contribution >= 0.6 is 0 Å². The molecule has 1 aromatic carbocycles. The molecule has 1 N–H and O–H groups in total. The molecule has 0 saturated heterocycles. The molecule has 2 heterocycles. The third-order valence-corrected chi connectivity index (χ3v) is 3.93. The average molecular weight is 270 g/mol. The second-order valence-corrected chi connectivity index (χ2v) is 6.50. The van der Waals surface area contributed by atoms with Gasteiger partial charge in [-0.3, -0.25) is 0 Å². The highest BCUT2D eigenvalue weighted by molar-refractivity contribution is 5.62. The minimum Gasteiger partial charge on any atom is -0.308 e. The minimum atomic E-state index is 0.0987. The van der Waals surface area contributed by atoms with E-state index in [-0.39, 0.29) is 11.5 Å². The number of aromatic nitrogens is 3. The van der Waals surface area contributed by atoms with Crippen molar-refractivity contribution in [3.8, 4) is 11.4 Å². The van der Waals surface area contributed by atoms with Crippen LogP contribution < -0.4 is 5.32 Å². The highest BCUT2D eigenvalue weighted by Crippen LogP contribution is 2.33. The third kappa shape index (κ3) is 2.14. The SMILES string of the molecule is CC1NCCn2c(-c3ccccc3C(C)(C)C)nnc21. The topological polar surface area (TPSA) is 42.7 Å². The van der Waals surface area contributed by atoms with Crippen LogP contribution in [0.5, 0.6) is 0 Å². The molecule has 1 aliphatic rings. The molecule has 1 aliphatic heterocycles. The second-order valence-electron chi connectivity index (χ2n) is 6.50. The van der Waals surface area contributed by atoms with Gasteiger partial charge in [-0.25, -0.2) is 0 Å². The summed E-state index contributed by atoms with van der Waals surface area (Å²) in [6.07, 6.45) is 0. The predicted octanol–water partition coefficient (Wildman–Crippen LogP) is 2.91. The van der Waals surface area contributed by atoms with E-state index in [1.54, 1.807) is 0 Å². The van der Waals surface area contributed by atoms with Gasteiger partial charge < -0.3 is 9.88 Å². The van der Waals surface area contributed by atoms with Crippen molar-refractivity contribution in [1.29, 1.82) is 0 Å². The monoisotopic (exact) mass is 270 g/mol. The van der Waals surface area contributed by atoms with Crippen LogP contribution in [0.15, 0.2) is 24.3 Å². The average Bonchev–Trinajstić information content (AvgIpc) is 2.83. The normalized spacial score (nSPS) is 18.9. The number of nitrogens with one attached hydrogen (secondary N) is 1. The number of hydrogen-bond acceptors (Lipinski definition) is 3. The van der Waals surface area contributed by atoms with Gasteiger partial charge in [-0.1, -0.05) is 45.0 Å². The standard InChI is InChI=1S/C16H22N4/c1-11-14-18-19-15(20(14)10-9-17-11)12-7-5-6-8-13(12)16(2,3)4/h5-8,11,17H,9-10H2,1-4H3. The molecule has 0 saturated carbocycles. The van der Waals surface area contributed by atoms with Crippen LogP contribution in [0.25, 0.3) is 11.4 Å². The van der Waals surface area contributed by atoms with Crippen LogP contribution in [0.3, 0.4) is 0 Å². The van der Waals surface area contributed by atoms with Gasteiger partial charge in [0.1, 0.15) is 5.82 Å². The molecule has 2 aromatic rings. The number of nitrogens with zero attached hydrogens (tertiary/aromatic N) is 3. The summed E-state index contributed by atoms with van der Waals surface area (Å²) in [5.74, 6) is 2.04. The molecular formula is C16H22N4. The molecular weight excluding hydrogens is 248 g/mol. The van der Waals surface area contributed by atoms with Gasteiger partial charge in [0.15, 0.2) is 5.82 Å². The Hall–Kier alpha value is -1.68. The number of rotatable bonds is 1. The molecule has 0 amide bonds. The van der Waals surface area contributed by atoms with Crippen molar-refractivity contribution in [2.45, 2.75) is 45.7 Å². The van der Waals surface area contributed by atoms with E-state index in [4.69, 9.17) is 0 Å². The maximum absolute atomic E-state index is 4.47. The summed E-state index contributed by atoms with van der Waals surface area (Å²) in [5, 5.41) is 12.3. The zero-order valence-corrected chi connectivity index (χ0v) is 12.6. The fourth-order valence-electron chi connectivity index (χ4n) is 2.87. The molecule has 1 unspecified atom stereocenters. The molecule has 0 radical (unpaired) electrons. The van der Waals surface area contributed by atoms with Crippen LogP contribution in [0.1, 0.15) is 45.1 Å². The van der Waals surface area contributed by atoms with E-state index in [0.29, 0.717) is 0 Å². The fraction of sp³-hybridized carbons (Fsp3) is 0.500. The van der Waals surface area contributed by atoms with E-state index in [9.17, 15) is 0 Å². The highest BCUT2D eigenvalue weighted by Gasteiger charge is 2.25. The lowest BCUT2D eigenvalue weighted by atomic mass is 9.83. The number of fused-ring (bicyclic) bond motifs is 1. The van der Waals surface area contributed by atoms with E-state index in [0.717, 1.165) is 24.7 Å². The molecule has 20 heavy (non-hydrogen) atoms. The Morgan fingerprint density at radius 2 is 1.95 bits per heavy atom. The molecule has 0 spiro atoms. The van der Waals surface area contributed by atoms with Crippen LogP contribution in [-0.2, 0) is 12.0 Å². The molecule has 106 valence electrons. The van der Waals surface area contributed by atoms with Crippen molar-refractivity contribution in [2.24, 2.45) is 0 Å². The van der Waals surface area contributed by atoms with Crippen molar-refractivity contribution in [3.63, 3.8) is 0 Å². The highest BCUT2D eigenvalue weighted by atomic mass is 15.3. The first kappa shape index (κ1) is 13.3. The first-order valence-electron chi connectivity index (χ1n) is 7.25. The summed E-state index contributed by atoms with van der Waals surface area (Å²) in [6, 6.07) is 8.80. The molecule has 3 rings (SSSR count). The molecule has 0 aliphatic carbocycles. The van der Waals surface area contributed by atoms with Gasteiger partial charge in [-0.2, -0.15) is 0 Å². The molecule has 1 aromatic heterocycles. The lowest BCUT2D eigenvalue weighted by Gasteiger charge is -2.25. The Kier molecular flexibility index (Phi) is 3.13. The Morgan fingerprint density at radius 3 is 2.70 bits per heavy atom. The van der Waals surface area contributed by atoms with Gasteiger partial charge in [0.05, 0.1) is 6.04 Å². The summed E-state index contributed by atoms with van der Waals surface area (Å²) in [6.45, 7) is 10.8. The van der Waals surface area contributed by atoms with Gasteiger partial charge in [0.2, 0.25) is 0 Å². The predicted molar refractivity (Wildman–Crippen MR) is 80.6 cm³/mol. The maximum Gasteiger partial charge on any atom is 0.164 e. The van der Waals surface area contributed by atoms with Gasteiger partial charge in [0, 0.05) is 18.7 Å². The number of hydrogen-bond donors (Lipinski definition) is 1. The Morgan fingerprint density at radius 1 is 1.20 bits per heavy atom. The summed E-state index contributed by atoms with van der Waals surface area (Å²) in [4.78, 5) is 0. The molecule has 1 atom stereocenters. The van der Waals surface area contributed by atoms with Crippen LogP contribution in [0.2, 0.25) is 0 Å². The maximum atomic E-state index is 4.47. The molecule has 4 heteroatoms. The smallest absolute Gasteiger partial charge is 0.164 e. The summed E-state index contributed by atoms with van der Waals surface area (Å²) in [5.41, 5.74) is 2.62. The van der Waals surface area contributed by atoms with Crippen molar-refractivity contribution in [2.75, 3.05) is 6.54 Å². The largest absolute Gasteiger partial charge is 0.308 e. The van der Waals surface area contributed by atoms with E-state index in [1.165, 1.54) is 11.1 Å². The van der Waals surface area contributed by atoms with Crippen molar-refractivity contribution >= 4 is 0 Å². The van der Waals surface area contributed by atoms with Crippen molar-refractivity contribution in [3.05, 3.63) is 35.7 Å². The quantitative estimate of drug-likeness (QED) is 0.866. The minimum absolute atomic E-state index is 0.0987. The molecule has 0 fully saturated rings. The van der Waals surface area contributed by atoms with Crippen molar-refractivity contribution in [1.82, 2.24) is 20.1 Å². The second kappa shape index (κ2) is 4.70.